The van der Waals surface area contributed by atoms with Crippen LogP contribution in [0.5, 0.6) is 0 Å². The lowest BCUT2D eigenvalue weighted by atomic mass is 10.1. The molecule has 0 spiro atoms. The highest BCUT2D eigenvalue weighted by molar-refractivity contribution is 6.33. The summed E-state index contributed by atoms with van der Waals surface area (Å²) in [5, 5.41) is 4.54. The van der Waals surface area contributed by atoms with E-state index in [-0.39, 0.29) is 11.9 Å². The lowest BCUT2D eigenvalue weighted by molar-refractivity contribution is 0.0686. The van der Waals surface area contributed by atoms with E-state index in [9.17, 15) is 4.79 Å². The monoisotopic (exact) mass is 397 g/mol. The summed E-state index contributed by atoms with van der Waals surface area (Å²) >= 11 is 6.22. The molecule has 3 rings (SSSR count). The van der Waals surface area contributed by atoms with E-state index in [0.29, 0.717) is 35.3 Å². The van der Waals surface area contributed by atoms with E-state index < -0.39 is 0 Å². The molecule has 5 nitrogen and oxygen atoms in total. The number of rotatable bonds is 7. The van der Waals surface area contributed by atoms with E-state index in [1.54, 1.807) is 12.1 Å². The third-order valence-electron chi connectivity index (χ3n) is 4.80. The van der Waals surface area contributed by atoms with Crippen molar-refractivity contribution in [1.29, 1.82) is 0 Å². The molecule has 0 saturated heterocycles. The van der Waals surface area contributed by atoms with Crippen molar-refractivity contribution in [3.63, 3.8) is 0 Å². The molecule has 0 aliphatic heterocycles. The fraction of sp³-hybridized carbons (Fsp3) is 0.318. The zero-order valence-electron chi connectivity index (χ0n) is 16.4. The summed E-state index contributed by atoms with van der Waals surface area (Å²) < 4.78 is 5.41. The number of hydrogen-bond acceptors (Lipinski definition) is 4. The van der Waals surface area contributed by atoms with Crippen molar-refractivity contribution in [1.82, 2.24) is 15.0 Å². The van der Waals surface area contributed by atoms with Crippen molar-refractivity contribution < 1.29 is 9.32 Å². The Labute approximate surface area is 170 Å². The Morgan fingerprint density at radius 2 is 2.00 bits per heavy atom. The lowest BCUT2D eigenvalue weighted by Crippen LogP contribution is -2.40. The molecule has 0 radical (unpaired) electrons. The van der Waals surface area contributed by atoms with Crippen LogP contribution in [0.1, 0.15) is 42.1 Å². The van der Waals surface area contributed by atoms with Crippen molar-refractivity contribution in [3.8, 4) is 11.4 Å². The van der Waals surface area contributed by atoms with E-state index in [1.807, 2.05) is 55.1 Å². The highest BCUT2D eigenvalue weighted by atomic mass is 35.5. The minimum Gasteiger partial charge on any atom is -0.339 e. The van der Waals surface area contributed by atoms with Gasteiger partial charge in [0.1, 0.15) is 0 Å². The van der Waals surface area contributed by atoms with Gasteiger partial charge in [-0.3, -0.25) is 4.79 Å². The van der Waals surface area contributed by atoms with E-state index in [2.05, 4.69) is 17.1 Å². The van der Waals surface area contributed by atoms with Crippen molar-refractivity contribution in [2.24, 2.45) is 0 Å². The fourth-order valence-electron chi connectivity index (χ4n) is 3.01. The van der Waals surface area contributed by atoms with Gasteiger partial charge in [0.2, 0.25) is 11.7 Å². The molecule has 0 aliphatic carbocycles. The van der Waals surface area contributed by atoms with E-state index in [4.69, 9.17) is 16.1 Å². The van der Waals surface area contributed by atoms with Gasteiger partial charge in [0, 0.05) is 24.6 Å². The number of carbonyl (C=O) groups excluding carboxylic acids is 1. The first-order chi connectivity index (χ1) is 13.5. The van der Waals surface area contributed by atoms with E-state index in [1.165, 1.54) is 0 Å². The zero-order valence-corrected chi connectivity index (χ0v) is 17.1. The van der Waals surface area contributed by atoms with Crippen molar-refractivity contribution in [3.05, 3.63) is 70.6 Å². The first-order valence-corrected chi connectivity index (χ1v) is 9.82. The molecule has 6 heteroatoms. The molecule has 0 saturated carbocycles. The predicted molar refractivity (Wildman–Crippen MR) is 110 cm³/mol. The molecule has 0 aliphatic rings. The maximum atomic E-state index is 13.0. The lowest BCUT2D eigenvalue weighted by Gasteiger charge is -2.28. The summed E-state index contributed by atoms with van der Waals surface area (Å²) in [6.45, 7) is 6.59. The summed E-state index contributed by atoms with van der Waals surface area (Å²) in [5.74, 6) is 0.987. The Balaban J connectivity index is 1.74. The molecule has 28 heavy (non-hydrogen) atoms. The number of benzene rings is 2. The molecule has 1 heterocycles. The summed E-state index contributed by atoms with van der Waals surface area (Å²) in [7, 11) is 0. The Morgan fingerprint density at radius 1 is 1.21 bits per heavy atom. The molecule has 1 amide bonds. The Kier molecular flexibility index (Phi) is 6.47. The first kappa shape index (κ1) is 20.1. The number of carbonyl (C=O) groups is 1. The fourth-order valence-corrected chi connectivity index (χ4v) is 3.22. The van der Waals surface area contributed by atoms with Gasteiger partial charge in [-0.1, -0.05) is 59.6 Å². The van der Waals surface area contributed by atoms with Gasteiger partial charge >= 0.3 is 0 Å². The molecule has 1 aromatic heterocycles. The molecule has 0 fully saturated rings. The van der Waals surface area contributed by atoms with Crippen LogP contribution in [-0.4, -0.2) is 33.5 Å². The van der Waals surface area contributed by atoms with Crippen LogP contribution in [0.25, 0.3) is 11.4 Å². The van der Waals surface area contributed by atoms with Crippen LogP contribution in [0.2, 0.25) is 5.02 Å². The second-order valence-corrected chi connectivity index (χ2v) is 7.27. The van der Waals surface area contributed by atoms with Crippen LogP contribution in [0.4, 0.5) is 0 Å². The molecule has 0 unspecified atom stereocenters. The van der Waals surface area contributed by atoms with Gasteiger partial charge in [-0.05, 0) is 38.5 Å². The van der Waals surface area contributed by atoms with Crippen LogP contribution in [0.15, 0.2) is 53.1 Å². The van der Waals surface area contributed by atoms with E-state index in [0.717, 1.165) is 17.5 Å². The Morgan fingerprint density at radius 3 is 2.71 bits per heavy atom. The number of nitrogens with zero attached hydrogens (tertiary/aromatic N) is 3. The summed E-state index contributed by atoms with van der Waals surface area (Å²) in [4.78, 5) is 19.3. The molecular weight excluding hydrogens is 374 g/mol. The highest BCUT2D eigenvalue weighted by Crippen LogP contribution is 2.20. The summed E-state index contributed by atoms with van der Waals surface area (Å²) in [6.07, 6.45) is 1.33. The van der Waals surface area contributed by atoms with Gasteiger partial charge in [-0.15, -0.1) is 0 Å². The molecule has 2 aromatic carbocycles. The molecule has 0 N–H and O–H groups in total. The van der Waals surface area contributed by atoms with Gasteiger partial charge in [0.15, 0.2) is 0 Å². The van der Waals surface area contributed by atoms with Crippen molar-refractivity contribution in [2.75, 3.05) is 6.54 Å². The van der Waals surface area contributed by atoms with Crippen LogP contribution < -0.4 is 0 Å². The number of hydrogen-bond donors (Lipinski definition) is 0. The topological polar surface area (TPSA) is 59.2 Å². The highest BCUT2D eigenvalue weighted by Gasteiger charge is 2.23. The summed E-state index contributed by atoms with van der Waals surface area (Å²) in [6, 6.07) is 15.1. The second-order valence-electron chi connectivity index (χ2n) is 6.87. The van der Waals surface area contributed by atoms with Gasteiger partial charge in [0.05, 0.1) is 10.6 Å². The quantitative estimate of drug-likeness (QED) is 0.551. The maximum Gasteiger partial charge on any atom is 0.255 e. The van der Waals surface area contributed by atoms with Gasteiger partial charge in [-0.2, -0.15) is 4.98 Å². The minimum atomic E-state index is -0.0848. The Bertz CT molecular complexity index is 954. The second kappa shape index (κ2) is 9.02. The standard InChI is InChI=1S/C22H24ClN3O2/c1-4-16(3)26(22(27)18-10-5-6-11-19(18)23)13-12-20-24-21(25-28-20)17-9-7-8-15(2)14-17/h5-11,14,16H,4,12-13H2,1-3H3/t16-/m1/s1. The van der Waals surface area contributed by atoms with Crippen LogP contribution in [0, 0.1) is 6.92 Å². The van der Waals surface area contributed by atoms with Crippen LogP contribution in [0.3, 0.4) is 0 Å². The number of amides is 1. The van der Waals surface area contributed by atoms with Crippen molar-refractivity contribution in [2.45, 2.75) is 39.7 Å². The number of halogens is 1. The number of aryl methyl sites for hydroxylation is 1. The molecule has 1 atom stereocenters. The van der Waals surface area contributed by atoms with Gasteiger partial charge < -0.3 is 9.42 Å². The van der Waals surface area contributed by atoms with Crippen LogP contribution in [-0.2, 0) is 6.42 Å². The molecule has 3 aromatic rings. The van der Waals surface area contributed by atoms with Crippen LogP contribution >= 0.6 is 11.6 Å². The van der Waals surface area contributed by atoms with Gasteiger partial charge in [0.25, 0.3) is 5.91 Å². The average Bonchev–Trinajstić information content (AvgIpc) is 3.17. The molecule has 146 valence electrons. The SMILES string of the molecule is CC[C@@H](C)N(CCc1nc(-c2cccc(C)c2)no1)C(=O)c1ccccc1Cl. The third-order valence-corrected chi connectivity index (χ3v) is 5.13. The molecule has 0 bridgehead atoms. The molecular formula is C22H24ClN3O2. The minimum absolute atomic E-state index is 0.0722. The zero-order chi connectivity index (χ0) is 20.1. The van der Waals surface area contributed by atoms with Crippen molar-refractivity contribution >= 4 is 17.5 Å². The number of aromatic nitrogens is 2. The third kappa shape index (κ3) is 4.60. The Hall–Kier alpha value is -2.66. The normalized spacial score (nSPS) is 12.0. The average molecular weight is 398 g/mol. The largest absolute Gasteiger partial charge is 0.339 e. The van der Waals surface area contributed by atoms with E-state index >= 15 is 0 Å². The predicted octanol–water partition coefficient (Wildman–Crippen LogP) is 5.18. The van der Waals surface area contributed by atoms with Gasteiger partial charge in [-0.25, -0.2) is 0 Å². The summed E-state index contributed by atoms with van der Waals surface area (Å²) in [5.41, 5.74) is 2.56. The smallest absolute Gasteiger partial charge is 0.255 e. The maximum absolute atomic E-state index is 13.0. The first-order valence-electron chi connectivity index (χ1n) is 9.44.